The molecular weight excluding hydrogens is 273 g/mol. The van der Waals surface area contributed by atoms with Crippen molar-refractivity contribution in [2.45, 2.75) is 4.90 Å². The van der Waals surface area contributed by atoms with Gasteiger partial charge in [-0.3, -0.25) is 4.79 Å². The van der Waals surface area contributed by atoms with E-state index in [9.17, 15) is 9.18 Å². The van der Waals surface area contributed by atoms with Gasteiger partial charge >= 0.3 is 0 Å². The Bertz CT molecular complexity index is 580. The average Bonchev–Trinajstić information content (AvgIpc) is 2.48. The van der Waals surface area contributed by atoms with Gasteiger partial charge in [0.05, 0.1) is 6.54 Å². The van der Waals surface area contributed by atoms with Crippen LogP contribution in [0.5, 0.6) is 0 Å². The van der Waals surface area contributed by atoms with Crippen molar-refractivity contribution in [2.75, 3.05) is 24.7 Å². The van der Waals surface area contributed by atoms with Gasteiger partial charge in [0.15, 0.2) is 5.78 Å². The number of Topliss-reactive ketones (excluding diaryl/α,β-unsaturated/α-hetero) is 1. The van der Waals surface area contributed by atoms with Crippen molar-refractivity contribution in [3.05, 3.63) is 59.9 Å². The van der Waals surface area contributed by atoms with E-state index in [0.29, 0.717) is 5.56 Å². The molecule has 0 saturated carbocycles. The number of halogens is 1. The van der Waals surface area contributed by atoms with Gasteiger partial charge < -0.3 is 4.90 Å². The van der Waals surface area contributed by atoms with Crippen molar-refractivity contribution in [2.24, 2.45) is 0 Å². The Hall–Kier alpha value is -1.81. The minimum Gasteiger partial charge on any atom is -0.367 e. The SMILES string of the molecule is CSc1ccc(C(=O)CN(C)c2ccc(F)cc2)cc1. The van der Waals surface area contributed by atoms with E-state index in [1.807, 2.05) is 42.5 Å². The second-order valence-corrected chi connectivity index (χ2v) is 5.36. The molecule has 2 nitrogen and oxygen atoms in total. The first-order chi connectivity index (χ1) is 9.60. The highest BCUT2D eigenvalue weighted by atomic mass is 32.2. The van der Waals surface area contributed by atoms with Gasteiger partial charge in [-0.15, -0.1) is 11.8 Å². The lowest BCUT2D eigenvalue weighted by atomic mass is 10.1. The lowest BCUT2D eigenvalue weighted by Gasteiger charge is -2.18. The van der Waals surface area contributed by atoms with Crippen LogP contribution in [0.15, 0.2) is 53.4 Å². The Morgan fingerprint density at radius 2 is 1.70 bits per heavy atom. The molecule has 0 atom stereocenters. The number of carbonyl (C=O) groups excluding carboxylic acids is 1. The van der Waals surface area contributed by atoms with Gasteiger partial charge in [-0.05, 0) is 42.7 Å². The first-order valence-corrected chi connectivity index (χ1v) is 7.46. The van der Waals surface area contributed by atoms with Crippen molar-refractivity contribution >= 4 is 23.2 Å². The summed E-state index contributed by atoms with van der Waals surface area (Å²) in [6.07, 6.45) is 2.00. The molecule has 104 valence electrons. The number of likely N-dealkylation sites (N-methyl/N-ethyl adjacent to an activating group) is 1. The minimum absolute atomic E-state index is 0.0458. The minimum atomic E-state index is -0.277. The van der Waals surface area contributed by atoms with E-state index in [-0.39, 0.29) is 18.1 Å². The standard InChI is InChI=1S/C16H16FNOS/c1-18(14-7-5-13(17)6-8-14)11-16(19)12-3-9-15(20-2)10-4-12/h3-10H,11H2,1-2H3. The van der Waals surface area contributed by atoms with E-state index in [0.717, 1.165) is 10.6 Å². The molecule has 0 unspecified atom stereocenters. The van der Waals surface area contributed by atoms with Crippen LogP contribution in [0, 0.1) is 5.82 Å². The zero-order valence-electron chi connectivity index (χ0n) is 11.5. The van der Waals surface area contributed by atoms with Gasteiger partial charge in [-0.1, -0.05) is 12.1 Å². The van der Waals surface area contributed by atoms with Crippen molar-refractivity contribution in [3.63, 3.8) is 0 Å². The molecule has 4 heteroatoms. The van der Waals surface area contributed by atoms with Crippen LogP contribution in [0.1, 0.15) is 10.4 Å². The maximum Gasteiger partial charge on any atom is 0.182 e. The predicted molar refractivity (Wildman–Crippen MR) is 82.2 cm³/mol. The van der Waals surface area contributed by atoms with E-state index in [4.69, 9.17) is 0 Å². The van der Waals surface area contributed by atoms with Crippen LogP contribution >= 0.6 is 11.8 Å². The molecule has 0 bridgehead atoms. The lowest BCUT2D eigenvalue weighted by molar-refractivity contribution is 0.100. The number of hydrogen-bond donors (Lipinski definition) is 0. The number of hydrogen-bond acceptors (Lipinski definition) is 3. The highest BCUT2D eigenvalue weighted by Crippen LogP contribution is 2.17. The number of rotatable bonds is 5. The van der Waals surface area contributed by atoms with Gasteiger partial charge in [0, 0.05) is 23.2 Å². The molecule has 0 saturated heterocycles. The summed E-state index contributed by atoms with van der Waals surface area (Å²) in [5.74, 6) is -0.231. The Morgan fingerprint density at radius 3 is 2.25 bits per heavy atom. The third kappa shape index (κ3) is 3.61. The zero-order valence-corrected chi connectivity index (χ0v) is 12.3. The summed E-state index contributed by atoms with van der Waals surface area (Å²) in [6.45, 7) is 0.268. The van der Waals surface area contributed by atoms with Crippen LogP contribution in [-0.4, -0.2) is 25.6 Å². The number of carbonyl (C=O) groups is 1. The third-order valence-corrected chi connectivity index (χ3v) is 3.80. The molecule has 0 fully saturated rings. The average molecular weight is 289 g/mol. The molecule has 0 aromatic heterocycles. The fourth-order valence-corrected chi connectivity index (χ4v) is 2.28. The Kier molecular flexibility index (Phi) is 4.79. The highest BCUT2D eigenvalue weighted by molar-refractivity contribution is 7.98. The van der Waals surface area contributed by atoms with Gasteiger partial charge in [0.25, 0.3) is 0 Å². The molecule has 0 aliphatic heterocycles. The van der Waals surface area contributed by atoms with Crippen LogP contribution in [0.25, 0.3) is 0 Å². The van der Waals surface area contributed by atoms with E-state index >= 15 is 0 Å². The Balaban J connectivity index is 2.04. The van der Waals surface area contributed by atoms with Crippen LogP contribution < -0.4 is 4.90 Å². The molecule has 0 spiro atoms. The summed E-state index contributed by atoms with van der Waals surface area (Å²) in [4.78, 5) is 15.1. The largest absolute Gasteiger partial charge is 0.367 e. The predicted octanol–water partition coefficient (Wildman–Crippen LogP) is 3.87. The van der Waals surface area contributed by atoms with E-state index in [1.54, 1.807) is 23.9 Å². The summed E-state index contributed by atoms with van der Waals surface area (Å²) >= 11 is 1.64. The maximum atomic E-state index is 12.9. The number of benzene rings is 2. The summed E-state index contributed by atoms with van der Waals surface area (Å²) in [7, 11) is 1.82. The highest BCUT2D eigenvalue weighted by Gasteiger charge is 2.10. The fourth-order valence-electron chi connectivity index (χ4n) is 1.87. The first kappa shape index (κ1) is 14.6. The van der Waals surface area contributed by atoms with Gasteiger partial charge in [-0.2, -0.15) is 0 Å². The van der Waals surface area contributed by atoms with E-state index in [2.05, 4.69) is 0 Å². The molecule has 0 aliphatic rings. The molecule has 0 amide bonds. The molecular formula is C16H16FNOS. The molecule has 2 aromatic rings. The Labute approximate surface area is 122 Å². The van der Waals surface area contributed by atoms with Crippen molar-refractivity contribution in [1.29, 1.82) is 0 Å². The molecule has 0 heterocycles. The normalized spacial score (nSPS) is 10.3. The van der Waals surface area contributed by atoms with Crippen LogP contribution in [-0.2, 0) is 0 Å². The third-order valence-electron chi connectivity index (χ3n) is 3.06. The summed E-state index contributed by atoms with van der Waals surface area (Å²) in [5, 5.41) is 0. The van der Waals surface area contributed by atoms with E-state index < -0.39 is 0 Å². The number of nitrogens with zero attached hydrogens (tertiary/aromatic N) is 1. The van der Waals surface area contributed by atoms with Crippen molar-refractivity contribution in [1.82, 2.24) is 0 Å². The maximum absolute atomic E-state index is 12.9. The van der Waals surface area contributed by atoms with E-state index in [1.165, 1.54) is 12.1 Å². The summed E-state index contributed by atoms with van der Waals surface area (Å²) in [5.41, 5.74) is 1.51. The number of anilines is 1. The van der Waals surface area contributed by atoms with Crippen molar-refractivity contribution in [3.8, 4) is 0 Å². The monoisotopic (exact) mass is 289 g/mol. The smallest absolute Gasteiger partial charge is 0.182 e. The van der Waals surface area contributed by atoms with Gasteiger partial charge in [0.1, 0.15) is 5.82 Å². The second-order valence-electron chi connectivity index (χ2n) is 4.48. The quantitative estimate of drug-likeness (QED) is 0.615. The molecule has 2 rings (SSSR count). The van der Waals surface area contributed by atoms with Crippen LogP contribution in [0.3, 0.4) is 0 Å². The second kappa shape index (κ2) is 6.57. The number of ketones is 1. The van der Waals surface area contributed by atoms with Crippen molar-refractivity contribution < 1.29 is 9.18 Å². The van der Waals surface area contributed by atoms with Crippen LogP contribution in [0.2, 0.25) is 0 Å². The number of thioether (sulfide) groups is 1. The molecule has 0 N–H and O–H groups in total. The lowest BCUT2D eigenvalue weighted by Crippen LogP contribution is -2.25. The van der Waals surface area contributed by atoms with Crippen LogP contribution in [0.4, 0.5) is 10.1 Å². The summed E-state index contributed by atoms with van der Waals surface area (Å²) in [6, 6.07) is 13.7. The molecule has 20 heavy (non-hydrogen) atoms. The zero-order chi connectivity index (χ0) is 14.5. The van der Waals surface area contributed by atoms with Gasteiger partial charge in [-0.25, -0.2) is 4.39 Å². The van der Waals surface area contributed by atoms with Gasteiger partial charge in [0.2, 0.25) is 0 Å². The molecule has 2 aromatic carbocycles. The molecule has 0 aliphatic carbocycles. The summed E-state index contributed by atoms with van der Waals surface area (Å²) < 4.78 is 12.9. The Morgan fingerprint density at radius 1 is 1.10 bits per heavy atom. The topological polar surface area (TPSA) is 20.3 Å². The fraction of sp³-hybridized carbons (Fsp3) is 0.188. The molecule has 0 radical (unpaired) electrons. The first-order valence-electron chi connectivity index (χ1n) is 6.24.